The van der Waals surface area contributed by atoms with Gasteiger partial charge in [-0.15, -0.1) is 0 Å². The van der Waals surface area contributed by atoms with E-state index in [4.69, 9.17) is 0 Å². The van der Waals surface area contributed by atoms with Gasteiger partial charge in [0.1, 0.15) is 0 Å². The van der Waals surface area contributed by atoms with Crippen molar-refractivity contribution in [2.75, 3.05) is 0 Å². The summed E-state index contributed by atoms with van der Waals surface area (Å²) in [6.45, 7) is 15.1. The van der Waals surface area contributed by atoms with Crippen LogP contribution in [0.5, 0.6) is 0 Å². The van der Waals surface area contributed by atoms with E-state index in [0.29, 0.717) is 0 Å². The summed E-state index contributed by atoms with van der Waals surface area (Å²) >= 11 is 0. The average molecular weight is 423 g/mol. The fourth-order valence-corrected chi connectivity index (χ4v) is 5.16. The van der Waals surface area contributed by atoms with E-state index in [2.05, 4.69) is 99.7 Å². The van der Waals surface area contributed by atoms with Gasteiger partial charge in [0.15, 0.2) is 0 Å². The van der Waals surface area contributed by atoms with Gasteiger partial charge in [0.05, 0.1) is 0 Å². The van der Waals surface area contributed by atoms with Gasteiger partial charge in [-0.25, -0.2) is 0 Å². The molecule has 0 aliphatic heterocycles. The van der Waals surface area contributed by atoms with Gasteiger partial charge in [-0.2, -0.15) is 0 Å². The Morgan fingerprint density at radius 1 is 0.750 bits per heavy atom. The van der Waals surface area contributed by atoms with Crippen molar-refractivity contribution in [2.45, 2.75) is 66.7 Å². The monoisotopic (exact) mass is 422 g/mol. The molecule has 5 rings (SSSR count). The van der Waals surface area contributed by atoms with Crippen LogP contribution in [0, 0.1) is 0 Å². The van der Waals surface area contributed by atoms with E-state index >= 15 is 0 Å². The molecule has 0 nitrogen and oxygen atoms in total. The molecule has 0 aromatic heterocycles. The Morgan fingerprint density at radius 2 is 1.41 bits per heavy atom. The molecule has 0 unspecified atom stereocenters. The topological polar surface area (TPSA) is 0 Å². The van der Waals surface area contributed by atoms with Gasteiger partial charge in [-0.1, -0.05) is 120 Å². The van der Waals surface area contributed by atoms with Crippen molar-refractivity contribution in [2.24, 2.45) is 0 Å². The minimum atomic E-state index is -0.00763. The summed E-state index contributed by atoms with van der Waals surface area (Å²) in [5.74, 6) is 0. The average Bonchev–Trinajstić information content (AvgIpc) is 3.09. The molecule has 0 spiro atoms. The molecule has 0 amide bonds. The molecule has 2 aliphatic rings. The summed E-state index contributed by atoms with van der Waals surface area (Å²) in [5, 5.41) is 2.69. The summed E-state index contributed by atoms with van der Waals surface area (Å²) in [6.07, 6.45) is 6.88. The SMILES string of the molecule is CC.CC.CC1=C(C2=C(c3ccccc3)c3c(ccc4ccccc34)C2(C)C)CCC=C1. The number of allylic oxidation sites excluding steroid dienone is 5. The van der Waals surface area contributed by atoms with E-state index in [1.807, 2.05) is 27.7 Å². The van der Waals surface area contributed by atoms with E-state index in [0.717, 1.165) is 12.8 Å². The Kier molecular flexibility index (Phi) is 7.56. The van der Waals surface area contributed by atoms with Crippen LogP contribution in [0.15, 0.2) is 95.6 Å². The molecule has 3 aromatic carbocycles. The highest BCUT2D eigenvalue weighted by molar-refractivity contribution is 6.04. The van der Waals surface area contributed by atoms with Crippen molar-refractivity contribution < 1.29 is 0 Å². The van der Waals surface area contributed by atoms with E-state index in [1.54, 1.807) is 0 Å². The third-order valence-corrected chi connectivity index (χ3v) is 6.50. The third-order valence-electron chi connectivity index (χ3n) is 6.50. The van der Waals surface area contributed by atoms with E-state index in [-0.39, 0.29) is 5.41 Å². The Morgan fingerprint density at radius 3 is 2.09 bits per heavy atom. The van der Waals surface area contributed by atoms with E-state index in [9.17, 15) is 0 Å². The summed E-state index contributed by atoms with van der Waals surface area (Å²) in [4.78, 5) is 0. The summed E-state index contributed by atoms with van der Waals surface area (Å²) < 4.78 is 0. The molecule has 0 heteroatoms. The number of rotatable bonds is 2. The van der Waals surface area contributed by atoms with Crippen LogP contribution in [-0.4, -0.2) is 0 Å². The molecule has 32 heavy (non-hydrogen) atoms. The lowest BCUT2D eigenvalue weighted by Gasteiger charge is -2.29. The minimum Gasteiger partial charge on any atom is -0.0839 e. The first kappa shape index (κ1) is 23.8. The second kappa shape index (κ2) is 10.2. The first-order valence-electron chi connectivity index (χ1n) is 12.3. The van der Waals surface area contributed by atoms with Gasteiger partial charge in [0.25, 0.3) is 0 Å². The Bertz CT molecular complexity index is 1170. The van der Waals surface area contributed by atoms with Crippen molar-refractivity contribution in [1.82, 2.24) is 0 Å². The molecule has 0 atom stereocenters. The second-order valence-corrected chi connectivity index (χ2v) is 8.55. The predicted molar refractivity (Wildman–Crippen MR) is 143 cm³/mol. The van der Waals surface area contributed by atoms with Crippen molar-refractivity contribution in [3.63, 3.8) is 0 Å². The molecule has 0 heterocycles. The maximum absolute atomic E-state index is 2.41. The lowest BCUT2D eigenvalue weighted by Crippen LogP contribution is -2.20. The molecule has 2 aliphatic carbocycles. The van der Waals surface area contributed by atoms with Crippen molar-refractivity contribution >= 4 is 16.3 Å². The van der Waals surface area contributed by atoms with Gasteiger partial charge < -0.3 is 0 Å². The standard InChI is InChI=1S/C28H26.2C2H6/c1-19-11-7-9-15-22(19)27-25(21-13-5-4-6-14-21)26-23-16-10-8-12-20(23)17-18-24(26)28(27,2)3;2*1-2/h4-8,10-14,16-18H,9,15H2,1-3H3;2*1-2H3. The van der Waals surface area contributed by atoms with Crippen LogP contribution in [0.3, 0.4) is 0 Å². The first-order valence-corrected chi connectivity index (χ1v) is 12.3. The number of hydrogen-bond donors (Lipinski definition) is 0. The number of benzene rings is 3. The van der Waals surface area contributed by atoms with Crippen LogP contribution >= 0.6 is 0 Å². The molecule has 0 saturated heterocycles. The highest BCUT2D eigenvalue weighted by Gasteiger charge is 2.40. The molecule has 0 fully saturated rings. The van der Waals surface area contributed by atoms with E-state index < -0.39 is 0 Å². The van der Waals surface area contributed by atoms with Gasteiger partial charge in [-0.05, 0) is 69.5 Å². The Balaban J connectivity index is 0.000000686. The van der Waals surface area contributed by atoms with Crippen LogP contribution in [0.2, 0.25) is 0 Å². The van der Waals surface area contributed by atoms with Crippen LogP contribution in [0.25, 0.3) is 16.3 Å². The molecule has 0 N–H and O–H groups in total. The summed E-state index contributed by atoms with van der Waals surface area (Å²) in [5.41, 5.74) is 10.1. The van der Waals surface area contributed by atoms with Crippen molar-refractivity contribution in [1.29, 1.82) is 0 Å². The first-order chi connectivity index (χ1) is 15.6. The van der Waals surface area contributed by atoms with Gasteiger partial charge in [0, 0.05) is 5.41 Å². The van der Waals surface area contributed by atoms with Gasteiger partial charge in [-0.3, -0.25) is 0 Å². The highest BCUT2D eigenvalue weighted by atomic mass is 14.4. The highest BCUT2D eigenvalue weighted by Crippen LogP contribution is 2.54. The smallest absolute Gasteiger partial charge is 0.0162 e. The predicted octanol–water partition coefficient (Wildman–Crippen LogP) is 9.65. The molecule has 0 radical (unpaired) electrons. The minimum absolute atomic E-state index is 0.00763. The number of fused-ring (bicyclic) bond motifs is 3. The van der Waals surface area contributed by atoms with Crippen LogP contribution < -0.4 is 0 Å². The molecular formula is C32H38. The molecule has 166 valence electrons. The van der Waals surface area contributed by atoms with Crippen molar-refractivity contribution in [3.8, 4) is 0 Å². The Labute approximate surface area is 195 Å². The fourth-order valence-electron chi connectivity index (χ4n) is 5.16. The van der Waals surface area contributed by atoms with E-state index in [1.165, 1.54) is 49.8 Å². The zero-order valence-corrected chi connectivity index (χ0v) is 20.9. The van der Waals surface area contributed by atoms with Crippen LogP contribution in [0.4, 0.5) is 0 Å². The largest absolute Gasteiger partial charge is 0.0839 e. The Hall–Kier alpha value is -2.86. The normalized spacial score (nSPS) is 16.2. The lowest BCUT2D eigenvalue weighted by atomic mass is 9.74. The summed E-state index contributed by atoms with van der Waals surface area (Å²) in [6, 6.07) is 24.5. The maximum atomic E-state index is 2.41. The molecule has 0 bridgehead atoms. The van der Waals surface area contributed by atoms with Gasteiger partial charge in [0.2, 0.25) is 0 Å². The zero-order valence-electron chi connectivity index (χ0n) is 20.9. The van der Waals surface area contributed by atoms with Crippen molar-refractivity contribution in [3.05, 3.63) is 112 Å². The van der Waals surface area contributed by atoms with Gasteiger partial charge >= 0.3 is 0 Å². The fraction of sp³-hybridized carbons (Fsp3) is 0.312. The molecular weight excluding hydrogens is 384 g/mol. The summed E-state index contributed by atoms with van der Waals surface area (Å²) in [7, 11) is 0. The molecule has 0 saturated carbocycles. The number of hydrogen-bond acceptors (Lipinski definition) is 0. The maximum Gasteiger partial charge on any atom is 0.0162 e. The van der Waals surface area contributed by atoms with Crippen LogP contribution in [-0.2, 0) is 5.41 Å². The lowest BCUT2D eigenvalue weighted by molar-refractivity contribution is 0.636. The van der Waals surface area contributed by atoms with Crippen LogP contribution in [0.1, 0.15) is 78.0 Å². The third kappa shape index (κ3) is 3.99. The quantitative estimate of drug-likeness (QED) is 0.385. The second-order valence-electron chi connectivity index (χ2n) is 8.55. The zero-order chi connectivity index (χ0) is 23.3. The molecule has 3 aromatic rings.